The Morgan fingerprint density at radius 2 is 2.13 bits per heavy atom. The highest BCUT2D eigenvalue weighted by Crippen LogP contribution is 2.17. The van der Waals surface area contributed by atoms with Crippen molar-refractivity contribution in [3.63, 3.8) is 0 Å². The number of hydrogen-bond donors (Lipinski definition) is 2. The smallest absolute Gasteiger partial charge is 0.0139 e. The first kappa shape index (κ1) is 12.9. The van der Waals surface area contributed by atoms with Crippen LogP contribution in [0.5, 0.6) is 0 Å². The number of rotatable bonds is 5. The van der Waals surface area contributed by atoms with Crippen molar-refractivity contribution < 1.29 is 0 Å². The van der Waals surface area contributed by atoms with Gasteiger partial charge in [0.2, 0.25) is 0 Å². The molecule has 0 bridgehead atoms. The lowest BCUT2D eigenvalue weighted by molar-refractivity contribution is 0.246. The van der Waals surface area contributed by atoms with E-state index < -0.39 is 0 Å². The van der Waals surface area contributed by atoms with Crippen molar-refractivity contribution in [2.75, 3.05) is 33.7 Å². The van der Waals surface area contributed by atoms with Crippen molar-refractivity contribution in [2.24, 2.45) is 0 Å². The predicted octanol–water partition coefficient (Wildman–Crippen LogP) is 1.06. The van der Waals surface area contributed by atoms with Gasteiger partial charge in [0.15, 0.2) is 0 Å². The monoisotopic (exact) mass is 213 g/mol. The summed E-state index contributed by atoms with van der Waals surface area (Å²) in [6, 6.07) is 0.711. The highest BCUT2D eigenvalue weighted by molar-refractivity contribution is 4.89. The standard InChI is InChI=1S/C12H27N3/c1-12(2)10-11(6-8-14-12)13-7-5-9-15(3)4/h11,13-14H,5-10H2,1-4H3. The van der Waals surface area contributed by atoms with Gasteiger partial charge in [0, 0.05) is 11.6 Å². The summed E-state index contributed by atoms with van der Waals surface area (Å²) < 4.78 is 0. The van der Waals surface area contributed by atoms with Gasteiger partial charge < -0.3 is 15.5 Å². The van der Waals surface area contributed by atoms with E-state index in [0.29, 0.717) is 11.6 Å². The average molecular weight is 213 g/mol. The van der Waals surface area contributed by atoms with E-state index in [9.17, 15) is 0 Å². The molecule has 1 heterocycles. The molecule has 0 aromatic heterocycles. The van der Waals surface area contributed by atoms with Crippen LogP contribution in [-0.4, -0.2) is 50.2 Å². The normalized spacial score (nSPS) is 25.8. The van der Waals surface area contributed by atoms with E-state index in [1.54, 1.807) is 0 Å². The second-order valence-corrected chi connectivity index (χ2v) is 5.61. The van der Waals surface area contributed by atoms with Gasteiger partial charge in [-0.3, -0.25) is 0 Å². The van der Waals surface area contributed by atoms with Crippen LogP contribution in [0.15, 0.2) is 0 Å². The molecule has 0 amide bonds. The number of nitrogens with one attached hydrogen (secondary N) is 2. The molecular weight excluding hydrogens is 186 g/mol. The summed E-state index contributed by atoms with van der Waals surface area (Å²) in [5.41, 5.74) is 0.317. The highest BCUT2D eigenvalue weighted by atomic mass is 15.1. The highest BCUT2D eigenvalue weighted by Gasteiger charge is 2.26. The van der Waals surface area contributed by atoms with Gasteiger partial charge in [0.25, 0.3) is 0 Å². The lowest BCUT2D eigenvalue weighted by atomic mass is 9.89. The van der Waals surface area contributed by atoms with Gasteiger partial charge in [-0.2, -0.15) is 0 Å². The third kappa shape index (κ3) is 5.50. The van der Waals surface area contributed by atoms with Gasteiger partial charge in [-0.1, -0.05) is 0 Å². The lowest BCUT2D eigenvalue weighted by Crippen LogP contribution is -2.52. The summed E-state index contributed by atoms with van der Waals surface area (Å²) >= 11 is 0. The molecular formula is C12H27N3. The summed E-state index contributed by atoms with van der Waals surface area (Å²) in [7, 11) is 4.27. The van der Waals surface area contributed by atoms with Gasteiger partial charge in [-0.05, 0) is 66.8 Å². The fraction of sp³-hybridized carbons (Fsp3) is 1.00. The molecule has 1 aliphatic heterocycles. The Balaban J connectivity index is 2.11. The predicted molar refractivity (Wildman–Crippen MR) is 66.3 cm³/mol. The van der Waals surface area contributed by atoms with E-state index in [-0.39, 0.29) is 0 Å². The number of hydrogen-bond acceptors (Lipinski definition) is 3. The van der Waals surface area contributed by atoms with Crippen LogP contribution in [0.3, 0.4) is 0 Å². The fourth-order valence-corrected chi connectivity index (χ4v) is 2.25. The Hall–Kier alpha value is -0.120. The molecule has 90 valence electrons. The number of nitrogens with zero attached hydrogens (tertiary/aromatic N) is 1. The second kappa shape index (κ2) is 5.83. The summed E-state index contributed by atoms with van der Waals surface area (Å²) in [4.78, 5) is 2.24. The van der Waals surface area contributed by atoms with Crippen LogP contribution in [0, 0.1) is 0 Å². The van der Waals surface area contributed by atoms with Crippen molar-refractivity contribution in [2.45, 2.75) is 44.7 Å². The van der Waals surface area contributed by atoms with Crippen molar-refractivity contribution in [3.05, 3.63) is 0 Å². The molecule has 1 aliphatic rings. The van der Waals surface area contributed by atoms with E-state index in [1.807, 2.05) is 0 Å². The minimum absolute atomic E-state index is 0.317. The van der Waals surface area contributed by atoms with E-state index in [2.05, 4.69) is 43.5 Å². The first-order valence-electron chi connectivity index (χ1n) is 6.13. The molecule has 0 saturated carbocycles. The van der Waals surface area contributed by atoms with Crippen molar-refractivity contribution in [3.8, 4) is 0 Å². The second-order valence-electron chi connectivity index (χ2n) is 5.61. The Morgan fingerprint density at radius 1 is 1.40 bits per heavy atom. The van der Waals surface area contributed by atoms with Crippen molar-refractivity contribution >= 4 is 0 Å². The van der Waals surface area contributed by atoms with Crippen LogP contribution in [0.1, 0.15) is 33.1 Å². The molecule has 3 heteroatoms. The number of piperidine rings is 1. The zero-order valence-electron chi connectivity index (χ0n) is 10.8. The topological polar surface area (TPSA) is 27.3 Å². The van der Waals surface area contributed by atoms with Crippen LogP contribution in [0.4, 0.5) is 0 Å². The largest absolute Gasteiger partial charge is 0.314 e. The van der Waals surface area contributed by atoms with Crippen LogP contribution >= 0.6 is 0 Å². The Kier molecular flexibility index (Phi) is 5.03. The van der Waals surface area contributed by atoms with Gasteiger partial charge in [-0.25, -0.2) is 0 Å². The lowest BCUT2D eigenvalue weighted by Gasteiger charge is -2.37. The zero-order valence-corrected chi connectivity index (χ0v) is 10.8. The van der Waals surface area contributed by atoms with Crippen LogP contribution < -0.4 is 10.6 Å². The average Bonchev–Trinajstić information content (AvgIpc) is 2.10. The third-order valence-corrected chi connectivity index (χ3v) is 3.07. The molecule has 3 nitrogen and oxygen atoms in total. The van der Waals surface area contributed by atoms with E-state index in [4.69, 9.17) is 0 Å². The van der Waals surface area contributed by atoms with Gasteiger partial charge in [0.05, 0.1) is 0 Å². The summed E-state index contributed by atoms with van der Waals surface area (Å²) in [5, 5.41) is 7.21. The molecule has 15 heavy (non-hydrogen) atoms. The van der Waals surface area contributed by atoms with Crippen LogP contribution in [0.2, 0.25) is 0 Å². The van der Waals surface area contributed by atoms with E-state index in [1.165, 1.54) is 25.8 Å². The van der Waals surface area contributed by atoms with Crippen LogP contribution in [0.25, 0.3) is 0 Å². The van der Waals surface area contributed by atoms with E-state index in [0.717, 1.165) is 13.1 Å². The van der Waals surface area contributed by atoms with Gasteiger partial charge >= 0.3 is 0 Å². The first-order chi connectivity index (χ1) is 6.99. The SMILES string of the molecule is CN(C)CCCNC1CCNC(C)(C)C1. The molecule has 0 aromatic carbocycles. The molecule has 0 radical (unpaired) electrons. The molecule has 1 atom stereocenters. The summed E-state index contributed by atoms with van der Waals surface area (Å²) in [6.45, 7) is 8.07. The molecule has 1 fully saturated rings. The molecule has 0 aliphatic carbocycles. The first-order valence-corrected chi connectivity index (χ1v) is 6.13. The van der Waals surface area contributed by atoms with Gasteiger partial charge in [0.1, 0.15) is 0 Å². The van der Waals surface area contributed by atoms with E-state index >= 15 is 0 Å². The fourth-order valence-electron chi connectivity index (χ4n) is 2.25. The Labute approximate surface area is 94.6 Å². The molecule has 2 N–H and O–H groups in total. The zero-order chi connectivity index (χ0) is 11.3. The minimum atomic E-state index is 0.317. The van der Waals surface area contributed by atoms with Crippen molar-refractivity contribution in [1.82, 2.24) is 15.5 Å². The molecule has 0 spiro atoms. The van der Waals surface area contributed by atoms with Crippen LogP contribution in [-0.2, 0) is 0 Å². The maximum absolute atomic E-state index is 3.67. The molecule has 0 aromatic rings. The third-order valence-electron chi connectivity index (χ3n) is 3.07. The quantitative estimate of drug-likeness (QED) is 0.669. The maximum Gasteiger partial charge on any atom is 0.0139 e. The van der Waals surface area contributed by atoms with Gasteiger partial charge in [-0.15, -0.1) is 0 Å². The molecule has 1 saturated heterocycles. The Bertz CT molecular complexity index is 178. The van der Waals surface area contributed by atoms with Crippen molar-refractivity contribution in [1.29, 1.82) is 0 Å². The summed E-state index contributed by atoms with van der Waals surface area (Å²) in [5.74, 6) is 0. The molecule has 1 rings (SSSR count). The minimum Gasteiger partial charge on any atom is -0.314 e. The summed E-state index contributed by atoms with van der Waals surface area (Å²) in [6.07, 6.45) is 3.76. The Morgan fingerprint density at radius 3 is 2.73 bits per heavy atom. The maximum atomic E-state index is 3.67. The molecule has 1 unspecified atom stereocenters.